The fourth-order valence-corrected chi connectivity index (χ4v) is 1.08. The number of hydrogen-bond donors (Lipinski definition) is 0. The van der Waals surface area contributed by atoms with Gasteiger partial charge in [-0.1, -0.05) is 44.1 Å². The van der Waals surface area contributed by atoms with Crippen LogP contribution >= 0.6 is 0 Å². The average molecular weight is 176 g/mol. The van der Waals surface area contributed by atoms with Crippen LogP contribution in [0.25, 0.3) is 0 Å². The summed E-state index contributed by atoms with van der Waals surface area (Å²) in [6.07, 6.45) is 16.3. The number of allylic oxidation sites excluding steroid dienone is 3. The summed E-state index contributed by atoms with van der Waals surface area (Å²) in [5, 5.41) is 0. The van der Waals surface area contributed by atoms with Crippen LogP contribution in [0.2, 0.25) is 0 Å². The zero-order chi connectivity index (χ0) is 9.94. The average Bonchev–Trinajstić information content (AvgIpc) is 2.14. The van der Waals surface area contributed by atoms with Crippen LogP contribution in [-0.4, -0.2) is 0 Å². The molecule has 0 aromatic rings. The molecule has 0 atom stereocenters. The maximum absolute atomic E-state index is 5.16. The summed E-state index contributed by atoms with van der Waals surface area (Å²) in [6, 6.07) is 0. The smallest absolute Gasteiger partial charge is 0.0126 e. The molecule has 0 heteroatoms. The highest BCUT2D eigenvalue weighted by molar-refractivity contribution is 5.15. The first-order chi connectivity index (χ1) is 6.31. The molecule has 0 aliphatic heterocycles. The Kier molecular flexibility index (Phi) is 8.46. The first-order valence-electron chi connectivity index (χ1n) is 5.09. The lowest BCUT2D eigenvalue weighted by Gasteiger charge is -1.95. The van der Waals surface area contributed by atoms with E-state index in [1.54, 1.807) is 0 Å². The number of terminal acetylenes is 1. The van der Waals surface area contributed by atoms with Crippen molar-refractivity contribution in [1.82, 2.24) is 0 Å². The minimum Gasteiger partial charge on any atom is -0.120 e. The first kappa shape index (κ1) is 12.0. The van der Waals surface area contributed by atoms with E-state index in [1.807, 2.05) is 0 Å². The third-order valence-corrected chi connectivity index (χ3v) is 1.92. The van der Waals surface area contributed by atoms with Crippen LogP contribution in [0.3, 0.4) is 0 Å². The summed E-state index contributed by atoms with van der Waals surface area (Å²) in [5.41, 5.74) is 1.15. The molecular weight excluding hydrogens is 156 g/mol. The molecule has 0 aromatic heterocycles. The van der Waals surface area contributed by atoms with E-state index in [9.17, 15) is 0 Å². The van der Waals surface area contributed by atoms with E-state index in [1.165, 1.54) is 25.7 Å². The molecule has 0 saturated heterocycles. The van der Waals surface area contributed by atoms with Crippen molar-refractivity contribution in [3.05, 3.63) is 24.3 Å². The number of unbranched alkanes of at least 4 members (excludes halogenated alkanes) is 3. The Balaban J connectivity index is 3.38. The molecule has 0 N–H and O–H groups in total. The Hall–Kier alpha value is -0.960. The van der Waals surface area contributed by atoms with Crippen molar-refractivity contribution in [1.29, 1.82) is 0 Å². The van der Waals surface area contributed by atoms with Crippen molar-refractivity contribution in [2.24, 2.45) is 0 Å². The zero-order valence-electron chi connectivity index (χ0n) is 8.68. The van der Waals surface area contributed by atoms with Gasteiger partial charge in [-0.05, 0) is 19.3 Å². The van der Waals surface area contributed by atoms with E-state index in [0.717, 1.165) is 18.4 Å². The van der Waals surface area contributed by atoms with E-state index in [-0.39, 0.29) is 0 Å². The fraction of sp³-hybridized carbons (Fsp3) is 0.538. The van der Waals surface area contributed by atoms with Gasteiger partial charge >= 0.3 is 0 Å². The van der Waals surface area contributed by atoms with E-state index in [0.29, 0.717) is 0 Å². The number of rotatable bonds is 7. The van der Waals surface area contributed by atoms with Crippen LogP contribution in [0.4, 0.5) is 0 Å². The van der Waals surface area contributed by atoms with Crippen molar-refractivity contribution in [2.45, 2.75) is 45.4 Å². The second-order valence-corrected chi connectivity index (χ2v) is 3.26. The molecule has 0 radical (unpaired) electrons. The molecular formula is C13H20. The van der Waals surface area contributed by atoms with Gasteiger partial charge in [0.2, 0.25) is 0 Å². The highest BCUT2D eigenvalue weighted by Crippen LogP contribution is 2.05. The maximum Gasteiger partial charge on any atom is 0.0126 e. The molecule has 0 aliphatic carbocycles. The molecule has 0 aliphatic rings. The van der Waals surface area contributed by atoms with E-state index >= 15 is 0 Å². The SMILES string of the molecule is C#CCCC(=C)C=CCCCCC. The Labute approximate surface area is 82.7 Å². The highest BCUT2D eigenvalue weighted by Gasteiger charge is 1.86. The predicted molar refractivity (Wildman–Crippen MR) is 60.5 cm³/mol. The molecule has 72 valence electrons. The predicted octanol–water partition coefficient (Wildman–Crippen LogP) is 4.09. The molecule has 0 rings (SSSR count). The van der Waals surface area contributed by atoms with Crippen molar-refractivity contribution in [2.75, 3.05) is 0 Å². The Morgan fingerprint density at radius 2 is 2.23 bits per heavy atom. The van der Waals surface area contributed by atoms with Gasteiger partial charge in [0.15, 0.2) is 0 Å². The maximum atomic E-state index is 5.16. The van der Waals surface area contributed by atoms with Gasteiger partial charge in [0.05, 0.1) is 0 Å². The molecule has 0 nitrogen and oxygen atoms in total. The quantitative estimate of drug-likeness (QED) is 0.311. The summed E-state index contributed by atoms with van der Waals surface area (Å²) >= 11 is 0. The van der Waals surface area contributed by atoms with Crippen LogP contribution in [0.1, 0.15) is 45.4 Å². The Bertz CT molecular complexity index is 191. The topological polar surface area (TPSA) is 0 Å². The van der Waals surface area contributed by atoms with Gasteiger partial charge in [0.1, 0.15) is 0 Å². The lowest BCUT2D eigenvalue weighted by molar-refractivity contribution is 0.729. The van der Waals surface area contributed by atoms with Crippen LogP contribution in [0, 0.1) is 12.3 Å². The fourth-order valence-electron chi connectivity index (χ4n) is 1.08. The molecule has 0 unspecified atom stereocenters. The zero-order valence-corrected chi connectivity index (χ0v) is 8.68. The third kappa shape index (κ3) is 8.95. The van der Waals surface area contributed by atoms with Gasteiger partial charge in [-0.25, -0.2) is 0 Å². The standard InChI is InChI=1S/C13H20/c1-4-6-8-9-10-12-13(3)11-7-5-2/h2,10,12H,3-4,6-9,11H2,1H3. The van der Waals surface area contributed by atoms with Gasteiger partial charge < -0.3 is 0 Å². The summed E-state index contributed by atoms with van der Waals surface area (Å²) in [6.45, 7) is 6.15. The normalized spacial score (nSPS) is 10.2. The highest BCUT2D eigenvalue weighted by atomic mass is 13.9. The molecule has 0 heterocycles. The summed E-state index contributed by atoms with van der Waals surface area (Å²) in [5.74, 6) is 2.61. The van der Waals surface area contributed by atoms with Crippen LogP contribution < -0.4 is 0 Å². The molecule has 0 spiro atoms. The lowest BCUT2D eigenvalue weighted by atomic mass is 10.1. The summed E-state index contributed by atoms with van der Waals surface area (Å²) in [4.78, 5) is 0. The second-order valence-electron chi connectivity index (χ2n) is 3.26. The molecule has 0 bridgehead atoms. The van der Waals surface area contributed by atoms with Gasteiger partial charge in [0, 0.05) is 6.42 Å². The first-order valence-corrected chi connectivity index (χ1v) is 5.09. The minimum absolute atomic E-state index is 0.804. The van der Waals surface area contributed by atoms with E-state index < -0.39 is 0 Å². The lowest BCUT2D eigenvalue weighted by Crippen LogP contribution is -1.76. The molecule has 0 fully saturated rings. The van der Waals surface area contributed by atoms with E-state index in [4.69, 9.17) is 6.42 Å². The monoisotopic (exact) mass is 176 g/mol. The van der Waals surface area contributed by atoms with Gasteiger partial charge in [-0.3, -0.25) is 0 Å². The van der Waals surface area contributed by atoms with E-state index in [2.05, 4.69) is 31.6 Å². The Morgan fingerprint density at radius 3 is 2.85 bits per heavy atom. The second kappa shape index (κ2) is 9.13. The van der Waals surface area contributed by atoms with Crippen LogP contribution in [0.5, 0.6) is 0 Å². The van der Waals surface area contributed by atoms with Crippen molar-refractivity contribution < 1.29 is 0 Å². The van der Waals surface area contributed by atoms with Crippen molar-refractivity contribution >= 4 is 0 Å². The Morgan fingerprint density at radius 1 is 1.46 bits per heavy atom. The van der Waals surface area contributed by atoms with Crippen molar-refractivity contribution in [3.63, 3.8) is 0 Å². The molecule has 0 saturated carbocycles. The van der Waals surface area contributed by atoms with Gasteiger partial charge in [0.25, 0.3) is 0 Å². The van der Waals surface area contributed by atoms with Crippen LogP contribution in [0.15, 0.2) is 24.3 Å². The van der Waals surface area contributed by atoms with Crippen LogP contribution in [-0.2, 0) is 0 Å². The molecule has 0 aromatic carbocycles. The third-order valence-electron chi connectivity index (χ3n) is 1.92. The summed E-state index contributed by atoms with van der Waals surface area (Å²) in [7, 11) is 0. The molecule has 13 heavy (non-hydrogen) atoms. The van der Waals surface area contributed by atoms with Gasteiger partial charge in [-0.15, -0.1) is 12.3 Å². The van der Waals surface area contributed by atoms with Crippen molar-refractivity contribution in [3.8, 4) is 12.3 Å². The largest absolute Gasteiger partial charge is 0.120 e. The summed E-state index contributed by atoms with van der Waals surface area (Å²) < 4.78 is 0. The number of hydrogen-bond acceptors (Lipinski definition) is 0. The minimum atomic E-state index is 0.804. The molecule has 0 amide bonds. The van der Waals surface area contributed by atoms with Gasteiger partial charge in [-0.2, -0.15) is 0 Å².